The van der Waals surface area contributed by atoms with Crippen molar-refractivity contribution in [1.29, 1.82) is 0 Å². The van der Waals surface area contributed by atoms with E-state index in [4.69, 9.17) is 10.5 Å². The van der Waals surface area contributed by atoms with Gasteiger partial charge in [-0.3, -0.25) is 4.79 Å². The molecule has 15 heavy (non-hydrogen) atoms. The summed E-state index contributed by atoms with van der Waals surface area (Å²) in [5.41, 5.74) is 4.79. The Kier molecular flexibility index (Phi) is 3.65. The number of ether oxygens (including phenoxy) is 1. The zero-order valence-corrected chi connectivity index (χ0v) is 9.47. The van der Waals surface area contributed by atoms with E-state index in [1.807, 2.05) is 0 Å². The minimum absolute atomic E-state index is 0.0161. The first-order chi connectivity index (χ1) is 7.02. The van der Waals surface area contributed by atoms with Crippen LogP contribution in [-0.2, 0) is 0 Å². The number of hydrogen-bond donors (Lipinski definition) is 2. The highest BCUT2D eigenvalue weighted by Gasteiger charge is 2.22. The number of carbonyl (C=O) groups is 1. The molecule has 3 N–H and O–H groups in total. The molecule has 0 radical (unpaired) electrons. The SMILES string of the molecule is COc1c(O)cc(Br)c(F)c1C(=O)CN. The van der Waals surface area contributed by atoms with Crippen LogP contribution in [0.25, 0.3) is 0 Å². The van der Waals surface area contributed by atoms with Gasteiger partial charge in [-0.05, 0) is 15.9 Å². The number of hydrogen-bond acceptors (Lipinski definition) is 4. The molecule has 0 amide bonds. The lowest BCUT2D eigenvalue weighted by Crippen LogP contribution is -2.16. The average molecular weight is 278 g/mol. The normalized spacial score (nSPS) is 10.1. The number of methoxy groups -OCH3 is 1. The molecule has 0 atom stereocenters. The van der Waals surface area contributed by atoms with Crippen LogP contribution in [0.1, 0.15) is 10.4 Å². The first kappa shape index (κ1) is 11.9. The molecule has 0 aromatic heterocycles. The minimum Gasteiger partial charge on any atom is -0.504 e. The Balaban J connectivity index is 3.50. The van der Waals surface area contributed by atoms with Crippen LogP contribution >= 0.6 is 15.9 Å². The van der Waals surface area contributed by atoms with Crippen molar-refractivity contribution in [2.45, 2.75) is 0 Å². The van der Waals surface area contributed by atoms with Crippen LogP contribution in [0, 0.1) is 5.82 Å². The lowest BCUT2D eigenvalue weighted by Gasteiger charge is -2.10. The molecule has 0 fully saturated rings. The predicted molar refractivity (Wildman–Crippen MR) is 55.7 cm³/mol. The first-order valence-corrected chi connectivity index (χ1v) is 4.80. The molecule has 6 heteroatoms. The van der Waals surface area contributed by atoms with E-state index in [2.05, 4.69) is 15.9 Å². The van der Waals surface area contributed by atoms with Gasteiger partial charge < -0.3 is 15.6 Å². The third-order valence-electron chi connectivity index (χ3n) is 1.82. The maximum absolute atomic E-state index is 13.6. The zero-order valence-electron chi connectivity index (χ0n) is 7.88. The van der Waals surface area contributed by atoms with Gasteiger partial charge in [0.05, 0.1) is 18.1 Å². The van der Waals surface area contributed by atoms with Gasteiger partial charge >= 0.3 is 0 Å². The summed E-state index contributed by atoms with van der Waals surface area (Å²) in [6.07, 6.45) is 0. The number of phenolic OH excluding ortho intramolecular Hbond substituents is 1. The molecule has 4 nitrogen and oxygen atoms in total. The molecular formula is C9H9BrFNO3. The lowest BCUT2D eigenvalue weighted by atomic mass is 10.1. The molecule has 1 rings (SSSR count). The summed E-state index contributed by atoms with van der Waals surface area (Å²) in [6, 6.07) is 1.11. The van der Waals surface area contributed by atoms with Crippen molar-refractivity contribution in [3.8, 4) is 11.5 Å². The van der Waals surface area contributed by atoms with E-state index >= 15 is 0 Å². The monoisotopic (exact) mass is 277 g/mol. The third kappa shape index (κ3) is 2.10. The van der Waals surface area contributed by atoms with Crippen LogP contribution in [0.2, 0.25) is 0 Å². The fourth-order valence-electron chi connectivity index (χ4n) is 1.15. The van der Waals surface area contributed by atoms with Crippen LogP contribution in [-0.4, -0.2) is 24.5 Å². The number of Topliss-reactive ketones (excluding diaryl/α,β-unsaturated/α-hetero) is 1. The van der Waals surface area contributed by atoms with Crippen LogP contribution in [0.3, 0.4) is 0 Å². The number of nitrogens with two attached hydrogens (primary N) is 1. The molecule has 0 unspecified atom stereocenters. The Morgan fingerprint density at radius 3 is 2.80 bits per heavy atom. The summed E-state index contributed by atoms with van der Waals surface area (Å²) in [6.45, 7) is -0.358. The highest BCUT2D eigenvalue weighted by molar-refractivity contribution is 9.10. The van der Waals surface area contributed by atoms with Crippen molar-refractivity contribution < 1.29 is 19.0 Å². The maximum atomic E-state index is 13.6. The van der Waals surface area contributed by atoms with Gasteiger partial charge in [-0.2, -0.15) is 0 Å². The largest absolute Gasteiger partial charge is 0.504 e. The van der Waals surface area contributed by atoms with Crippen molar-refractivity contribution in [3.05, 3.63) is 21.9 Å². The van der Waals surface area contributed by atoms with Crippen LogP contribution in [0.4, 0.5) is 4.39 Å². The molecule has 1 aromatic rings. The standard InChI is InChI=1S/C9H9BrFNO3/c1-15-9-5(13)2-4(10)8(11)7(9)6(14)3-12/h2,13H,3,12H2,1H3. The molecule has 1 aromatic carbocycles. The van der Waals surface area contributed by atoms with Crippen molar-refractivity contribution in [2.24, 2.45) is 5.73 Å². The number of benzene rings is 1. The van der Waals surface area contributed by atoms with Crippen molar-refractivity contribution >= 4 is 21.7 Å². The maximum Gasteiger partial charge on any atom is 0.183 e. The molecule has 0 aliphatic heterocycles. The Labute approximate surface area is 94.0 Å². The van der Waals surface area contributed by atoms with Crippen LogP contribution < -0.4 is 10.5 Å². The number of aromatic hydroxyl groups is 1. The number of phenols is 1. The zero-order chi connectivity index (χ0) is 11.6. The van der Waals surface area contributed by atoms with Crippen LogP contribution in [0.5, 0.6) is 11.5 Å². The molecule has 0 heterocycles. The third-order valence-corrected chi connectivity index (χ3v) is 2.40. The number of rotatable bonds is 3. The van der Waals surface area contributed by atoms with Gasteiger partial charge in [0.15, 0.2) is 23.1 Å². The second-order valence-electron chi connectivity index (χ2n) is 2.73. The highest BCUT2D eigenvalue weighted by atomic mass is 79.9. The second kappa shape index (κ2) is 4.59. The summed E-state index contributed by atoms with van der Waals surface area (Å²) >= 11 is 2.87. The number of halogens is 2. The summed E-state index contributed by atoms with van der Waals surface area (Å²) in [7, 11) is 1.23. The fraction of sp³-hybridized carbons (Fsp3) is 0.222. The highest BCUT2D eigenvalue weighted by Crippen LogP contribution is 2.36. The van der Waals surface area contributed by atoms with E-state index in [1.54, 1.807) is 0 Å². The molecule has 0 saturated heterocycles. The van der Waals surface area contributed by atoms with Gasteiger partial charge in [0.2, 0.25) is 0 Å². The summed E-state index contributed by atoms with van der Waals surface area (Å²) in [5.74, 6) is -1.95. The number of ketones is 1. The van der Waals surface area contributed by atoms with E-state index < -0.39 is 11.6 Å². The lowest BCUT2D eigenvalue weighted by molar-refractivity contribution is 0.0993. The quantitative estimate of drug-likeness (QED) is 0.821. The van der Waals surface area contributed by atoms with Gasteiger partial charge in [-0.1, -0.05) is 0 Å². The van der Waals surface area contributed by atoms with Gasteiger partial charge in [-0.25, -0.2) is 4.39 Å². The fourth-order valence-corrected chi connectivity index (χ4v) is 1.57. The smallest absolute Gasteiger partial charge is 0.183 e. The van der Waals surface area contributed by atoms with E-state index in [-0.39, 0.29) is 28.1 Å². The van der Waals surface area contributed by atoms with Gasteiger partial charge in [0.1, 0.15) is 5.56 Å². The molecule has 0 aliphatic carbocycles. The molecular weight excluding hydrogens is 269 g/mol. The molecule has 0 bridgehead atoms. The first-order valence-electron chi connectivity index (χ1n) is 4.01. The molecule has 0 spiro atoms. The van der Waals surface area contributed by atoms with Crippen molar-refractivity contribution in [1.82, 2.24) is 0 Å². The van der Waals surface area contributed by atoms with Crippen molar-refractivity contribution in [2.75, 3.05) is 13.7 Å². The average Bonchev–Trinajstić information content (AvgIpc) is 2.21. The second-order valence-corrected chi connectivity index (χ2v) is 3.58. The summed E-state index contributed by atoms with van der Waals surface area (Å²) < 4.78 is 18.3. The topological polar surface area (TPSA) is 72.5 Å². The number of carbonyl (C=O) groups excluding carboxylic acids is 1. The van der Waals surface area contributed by atoms with Gasteiger partial charge in [0, 0.05) is 6.07 Å². The Bertz CT molecular complexity index is 409. The Hall–Kier alpha value is -1.14. The van der Waals surface area contributed by atoms with Crippen molar-refractivity contribution in [3.63, 3.8) is 0 Å². The Morgan fingerprint density at radius 1 is 1.73 bits per heavy atom. The van der Waals surface area contributed by atoms with Crippen LogP contribution in [0.15, 0.2) is 10.5 Å². The van der Waals surface area contributed by atoms with E-state index in [0.29, 0.717) is 0 Å². The minimum atomic E-state index is -0.792. The molecule has 0 aliphatic rings. The van der Waals surface area contributed by atoms with E-state index in [0.717, 1.165) is 6.07 Å². The molecule has 0 saturated carbocycles. The van der Waals surface area contributed by atoms with Gasteiger partial charge in [0.25, 0.3) is 0 Å². The Morgan fingerprint density at radius 2 is 2.33 bits per heavy atom. The summed E-state index contributed by atoms with van der Waals surface area (Å²) in [4.78, 5) is 11.3. The van der Waals surface area contributed by atoms with E-state index in [9.17, 15) is 14.3 Å². The summed E-state index contributed by atoms with van der Waals surface area (Å²) in [5, 5.41) is 9.43. The van der Waals surface area contributed by atoms with E-state index in [1.165, 1.54) is 7.11 Å². The molecule has 82 valence electrons. The predicted octanol–water partition coefficient (Wildman–Crippen LogP) is 1.44. The van der Waals surface area contributed by atoms with Gasteiger partial charge in [-0.15, -0.1) is 0 Å².